The second-order valence-corrected chi connectivity index (χ2v) is 8.61. The van der Waals surface area contributed by atoms with E-state index in [4.69, 9.17) is 0 Å². The van der Waals surface area contributed by atoms with Crippen LogP contribution in [0.15, 0.2) is 34.5 Å². The predicted octanol–water partition coefficient (Wildman–Crippen LogP) is 3.07. The number of thiazole rings is 1. The summed E-state index contributed by atoms with van der Waals surface area (Å²) in [5, 5.41) is 9.27. The highest BCUT2D eigenvalue weighted by molar-refractivity contribution is 7.85. The van der Waals surface area contributed by atoms with Gasteiger partial charge in [-0.25, -0.2) is 13.0 Å². The summed E-state index contributed by atoms with van der Waals surface area (Å²) in [6.07, 6.45) is 0.258. The fourth-order valence-electron chi connectivity index (χ4n) is 2.25. The fourth-order valence-corrected chi connectivity index (χ4v) is 3.69. The maximum atomic E-state index is 10.8. The van der Waals surface area contributed by atoms with Crippen LogP contribution in [0.2, 0.25) is 0 Å². The zero-order valence-electron chi connectivity index (χ0n) is 14.8. The van der Waals surface area contributed by atoms with Gasteiger partial charge < -0.3 is 9.45 Å². The number of benzene rings is 1. The monoisotopic (exact) mass is 382 g/mol. The summed E-state index contributed by atoms with van der Waals surface area (Å²) < 4.78 is 34.2. The van der Waals surface area contributed by atoms with E-state index in [1.54, 1.807) is 0 Å². The maximum absolute atomic E-state index is 10.8. The quantitative estimate of drug-likeness (QED) is 0.418. The molecule has 0 bridgehead atoms. The molecule has 0 N–H and O–H groups in total. The van der Waals surface area contributed by atoms with Crippen LogP contribution >= 0.6 is 11.3 Å². The topological polar surface area (TPSA) is 89.0 Å². The van der Waals surface area contributed by atoms with Gasteiger partial charge in [-0.05, 0) is 61.0 Å². The molecule has 0 fully saturated rings. The van der Waals surface area contributed by atoms with Gasteiger partial charge in [0.25, 0.3) is 0 Å². The Morgan fingerprint density at radius 2 is 1.80 bits per heavy atom. The number of hydrogen-bond donors (Lipinski definition) is 0. The minimum Gasteiger partial charge on any atom is -0.748 e. The third-order valence-corrected chi connectivity index (χ3v) is 5.66. The van der Waals surface area contributed by atoms with Gasteiger partial charge in [0.15, 0.2) is 0 Å². The van der Waals surface area contributed by atoms with Crippen molar-refractivity contribution in [3.05, 3.63) is 34.8 Å². The van der Waals surface area contributed by atoms with Crippen LogP contribution in [0.25, 0.3) is 0 Å². The molecule has 1 heterocycles. The standard InChI is InChI=1S/C16H22N4O3S2/c1-12-13(2)24-16(20(12)10-5-11-25(21,22)23)18-17-14-6-8-15(9-7-14)19(3)4/h6-9H,5,10-11H2,1-4H3. The number of azo groups is 1. The van der Waals surface area contributed by atoms with Gasteiger partial charge in [-0.15, -0.1) is 0 Å². The van der Waals surface area contributed by atoms with Crippen molar-refractivity contribution in [1.82, 2.24) is 0 Å². The zero-order valence-corrected chi connectivity index (χ0v) is 16.4. The summed E-state index contributed by atoms with van der Waals surface area (Å²) in [6.45, 7) is 4.35. The number of anilines is 1. The van der Waals surface area contributed by atoms with E-state index in [9.17, 15) is 13.0 Å². The lowest BCUT2D eigenvalue weighted by Gasteiger charge is -2.11. The zero-order chi connectivity index (χ0) is 18.6. The molecule has 0 aliphatic carbocycles. The van der Waals surface area contributed by atoms with Crippen LogP contribution in [0.4, 0.5) is 16.5 Å². The molecule has 1 aromatic heterocycles. The van der Waals surface area contributed by atoms with Gasteiger partial charge in [0.05, 0.1) is 26.7 Å². The lowest BCUT2D eigenvalue weighted by molar-refractivity contribution is -0.686. The van der Waals surface area contributed by atoms with E-state index in [-0.39, 0.29) is 12.2 Å². The largest absolute Gasteiger partial charge is 0.748 e. The molecule has 9 heteroatoms. The molecular weight excluding hydrogens is 360 g/mol. The van der Waals surface area contributed by atoms with Gasteiger partial charge in [0.2, 0.25) is 0 Å². The van der Waals surface area contributed by atoms with Crippen LogP contribution in [0, 0.1) is 13.8 Å². The first-order valence-electron chi connectivity index (χ1n) is 7.80. The first-order valence-corrected chi connectivity index (χ1v) is 10.2. The minimum atomic E-state index is -4.20. The maximum Gasteiger partial charge on any atom is 0.408 e. The summed E-state index contributed by atoms with van der Waals surface area (Å²) in [4.78, 5) is 3.09. The molecule has 0 unspecified atom stereocenters. The number of hydrogen-bond acceptors (Lipinski definition) is 7. The summed E-state index contributed by atoms with van der Waals surface area (Å²) in [5.41, 5.74) is 2.82. The van der Waals surface area contributed by atoms with Crippen molar-refractivity contribution in [3.63, 3.8) is 0 Å². The lowest BCUT2D eigenvalue weighted by atomic mass is 10.3. The Kier molecular flexibility index (Phi) is 6.26. The van der Waals surface area contributed by atoms with Crippen LogP contribution in [-0.4, -0.2) is 32.8 Å². The van der Waals surface area contributed by atoms with Gasteiger partial charge in [0, 0.05) is 25.5 Å². The summed E-state index contributed by atoms with van der Waals surface area (Å²) in [6, 6.07) is 7.71. The van der Waals surface area contributed by atoms with Crippen molar-refractivity contribution in [2.75, 3.05) is 24.7 Å². The average Bonchev–Trinajstić information content (AvgIpc) is 2.80. The highest BCUT2D eigenvalue weighted by Gasteiger charge is 2.19. The van der Waals surface area contributed by atoms with E-state index in [2.05, 4.69) is 10.2 Å². The first-order chi connectivity index (χ1) is 11.7. The molecule has 2 rings (SSSR count). The summed E-state index contributed by atoms with van der Waals surface area (Å²) >= 11 is 1.49. The number of nitrogens with zero attached hydrogens (tertiary/aromatic N) is 4. The number of aromatic nitrogens is 1. The molecule has 1 aromatic carbocycles. The van der Waals surface area contributed by atoms with E-state index in [1.807, 2.05) is 61.7 Å². The Hall–Kier alpha value is -1.84. The van der Waals surface area contributed by atoms with E-state index >= 15 is 0 Å². The molecule has 0 amide bonds. The Morgan fingerprint density at radius 1 is 1.16 bits per heavy atom. The lowest BCUT2D eigenvalue weighted by Crippen LogP contribution is -2.36. The van der Waals surface area contributed by atoms with Gasteiger partial charge in [0.1, 0.15) is 11.4 Å². The fraction of sp³-hybridized carbons (Fsp3) is 0.438. The van der Waals surface area contributed by atoms with Gasteiger partial charge in [-0.2, -0.15) is 0 Å². The molecule has 136 valence electrons. The third-order valence-electron chi connectivity index (χ3n) is 3.78. The molecule has 0 aliphatic rings. The number of rotatable bonds is 7. The second kappa shape index (κ2) is 8.03. The average molecular weight is 383 g/mol. The van der Waals surface area contributed by atoms with E-state index in [0.29, 0.717) is 11.7 Å². The predicted molar refractivity (Wildman–Crippen MR) is 98.1 cm³/mol. The van der Waals surface area contributed by atoms with Crippen molar-refractivity contribution >= 4 is 38.0 Å². The summed E-state index contributed by atoms with van der Waals surface area (Å²) in [7, 11) is -0.256. The molecule has 0 saturated heterocycles. The van der Waals surface area contributed by atoms with Crippen LogP contribution in [0.5, 0.6) is 0 Å². The second-order valence-electron chi connectivity index (χ2n) is 5.90. The van der Waals surface area contributed by atoms with Crippen LogP contribution in [0.1, 0.15) is 17.0 Å². The van der Waals surface area contributed by atoms with Crippen molar-refractivity contribution in [2.45, 2.75) is 26.8 Å². The Labute approximate surface area is 152 Å². The molecule has 0 spiro atoms. The van der Waals surface area contributed by atoms with Crippen molar-refractivity contribution in [3.8, 4) is 0 Å². The van der Waals surface area contributed by atoms with Crippen LogP contribution < -0.4 is 9.47 Å². The van der Waals surface area contributed by atoms with Crippen molar-refractivity contribution in [2.24, 2.45) is 10.2 Å². The van der Waals surface area contributed by atoms with Crippen molar-refractivity contribution in [1.29, 1.82) is 0 Å². The number of aryl methyl sites for hydroxylation is 1. The van der Waals surface area contributed by atoms with Crippen molar-refractivity contribution < 1.29 is 17.5 Å². The highest BCUT2D eigenvalue weighted by atomic mass is 32.2. The highest BCUT2D eigenvalue weighted by Crippen LogP contribution is 2.25. The van der Waals surface area contributed by atoms with E-state index < -0.39 is 10.1 Å². The molecule has 0 atom stereocenters. The Bertz CT molecular complexity index is 856. The normalized spacial score (nSPS) is 12.0. The molecule has 0 aliphatic heterocycles. The molecule has 7 nitrogen and oxygen atoms in total. The smallest absolute Gasteiger partial charge is 0.408 e. The van der Waals surface area contributed by atoms with Gasteiger partial charge in [-0.3, -0.25) is 0 Å². The van der Waals surface area contributed by atoms with E-state index in [0.717, 1.165) is 21.9 Å². The molecule has 0 saturated carbocycles. The molecule has 2 aromatic rings. The van der Waals surface area contributed by atoms with E-state index in [1.165, 1.54) is 11.3 Å². The van der Waals surface area contributed by atoms with Crippen LogP contribution in [0.3, 0.4) is 0 Å². The third kappa shape index (κ3) is 5.58. The minimum absolute atomic E-state index is 0.258. The Balaban J connectivity index is 2.16. The molecule has 25 heavy (non-hydrogen) atoms. The molecule has 0 radical (unpaired) electrons. The van der Waals surface area contributed by atoms with Gasteiger partial charge >= 0.3 is 5.13 Å². The Morgan fingerprint density at radius 3 is 2.36 bits per heavy atom. The van der Waals surface area contributed by atoms with Gasteiger partial charge in [-0.1, -0.05) is 0 Å². The van der Waals surface area contributed by atoms with Crippen LogP contribution in [-0.2, 0) is 16.7 Å². The first kappa shape index (κ1) is 19.5. The summed E-state index contributed by atoms with van der Waals surface area (Å²) in [5.74, 6) is -0.378. The SMILES string of the molecule is Cc1sc(/N=N/c2ccc(N(C)C)cc2)[n+](CCCS(=O)(=O)[O-])c1C. The molecular formula is C16H22N4O3S2.